The van der Waals surface area contributed by atoms with Crippen molar-refractivity contribution in [1.29, 1.82) is 0 Å². The molecule has 1 aliphatic rings. The normalized spacial score (nSPS) is 16.7. The van der Waals surface area contributed by atoms with E-state index < -0.39 is 6.61 Å². The van der Waals surface area contributed by atoms with E-state index in [1.807, 2.05) is 0 Å². The average Bonchev–Trinajstić information content (AvgIpc) is 2.43. The van der Waals surface area contributed by atoms with Crippen molar-refractivity contribution in [2.24, 2.45) is 0 Å². The van der Waals surface area contributed by atoms with Crippen LogP contribution in [0.15, 0.2) is 22.7 Å². The molecule has 0 unspecified atom stereocenters. The van der Waals surface area contributed by atoms with E-state index in [-0.39, 0.29) is 11.7 Å². The van der Waals surface area contributed by atoms with Gasteiger partial charge in [-0.05, 0) is 33.6 Å². The van der Waals surface area contributed by atoms with Crippen LogP contribution in [-0.4, -0.2) is 53.6 Å². The van der Waals surface area contributed by atoms with Gasteiger partial charge in [0.1, 0.15) is 12.4 Å². The van der Waals surface area contributed by atoms with Gasteiger partial charge < -0.3 is 10.0 Å². The number of hydrogen-bond acceptors (Lipinski definition) is 3. The molecule has 1 heterocycles. The SMILES string of the molecule is O=C(CO)N1CCN(Cc2ccc(F)c(Br)c2)CC1. The fraction of sp³-hybridized carbons (Fsp3) is 0.462. The Balaban J connectivity index is 1.88. The number of aliphatic hydroxyl groups is 1. The van der Waals surface area contributed by atoms with Crippen molar-refractivity contribution in [2.75, 3.05) is 32.8 Å². The Hall–Kier alpha value is -0.980. The van der Waals surface area contributed by atoms with Gasteiger partial charge in [-0.2, -0.15) is 0 Å². The van der Waals surface area contributed by atoms with Crippen molar-refractivity contribution in [3.63, 3.8) is 0 Å². The first-order valence-electron chi connectivity index (χ1n) is 6.15. The molecule has 1 saturated heterocycles. The van der Waals surface area contributed by atoms with Crippen molar-refractivity contribution in [2.45, 2.75) is 6.54 Å². The summed E-state index contributed by atoms with van der Waals surface area (Å²) in [4.78, 5) is 15.2. The highest BCUT2D eigenvalue weighted by molar-refractivity contribution is 9.10. The van der Waals surface area contributed by atoms with Gasteiger partial charge in [-0.25, -0.2) is 4.39 Å². The van der Waals surface area contributed by atoms with Gasteiger partial charge in [-0.3, -0.25) is 9.69 Å². The Bertz CT molecular complexity index is 462. The minimum atomic E-state index is -0.426. The van der Waals surface area contributed by atoms with Crippen molar-refractivity contribution >= 4 is 21.8 Å². The summed E-state index contributed by atoms with van der Waals surface area (Å²) < 4.78 is 13.6. The molecule has 19 heavy (non-hydrogen) atoms. The van der Waals surface area contributed by atoms with E-state index in [9.17, 15) is 9.18 Å². The van der Waals surface area contributed by atoms with Crippen molar-refractivity contribution in [3.8, 4) is 0 Å². The maximum Gasteiger partial charge on any atom is 0.248 e. The number of amides is 1. The molecule has 1 aromatic carbocycles. The van der Waals surface area contributed by atoms with Gasteiger partial charge in [-0.1, -0.05) is 6.07 Å². The van der Waals surface area contributed by atoms with Crippen LogP contribution in [0.25, 0.3) is 0 Å². The first kappa shape index (κ1) is 14.4. The lowest BCUT2D eigenvalue weighted by molar-refractivity contribution is -0.135. The molecule has 1 N–H and O–H groups in total. The predicted octanol–water partition coefficient (Wildman–Crippen LogP) is 1.22. The minimum Gasteiger partial charge on any atom is -0.387 e. The molecule has 0 saturated carbocycles. The monoisotopic (exact) mass is 330 g/mol. The number of aliphatic hydroxyl groups excluding tert-OH is 1. The van der Waals surface area contributed by atoms with Crippen LogP contribution >= 0.6 is 15.9 Å². The van der Waals surface area contributed by atoms with E-state index in [0.717, 1.165) is 25.2 Å². The van der Waals surface area contributed by atoms with E-state index >= 15 is 0 Å². The van der Waals surface area contributed by atoms with Crippen LogP contribution < -0.4 is 0 Å². The van der Waals surface area contributed by atoms with Crippen LogP contribution in [0.1, 0.15) is 5.56 Å². The number of hydrogen-bond donors (Lipinski definition) is 1. The molecule has 0 atom stereocenters. The lowest BCUT2D eigenvalue weighted by Crippen LogP contribution is -2.49. The standard InChI is InChI=1S/C13H16BrFN2O2/c14-11-7-10(1-2-12(11)15)8-16-3-5-17(6-4-16)13(19)9-18/h1-2,7,18H,3-6,8-9H2. The Morgan fingerprint density at radius 1 is 1.32 bits per heavy atom. The summed E-state index contributed by atoms with van der Waals surface area (Å²) in [6.07, 6.45) is 0. The highest BCUT2D eigenvalue weighted by Gasteiger charge is 2.20. The summed E-state index contributed by atoms with van der Waals surface area (Å²) in [5, 5.41) is 8.80. The first-order chi connectivity index (χ1) is 9.10. The van der Waals surface area contributed by atoms with Gasteiger partial charge >= 0.3 is 0 Å². The molecule has 1 fully saturated rings. The molecular formula is C13H16BrFN2O2. The Labute approximate surface area is 119 Å². The predicted molar refractivity (Wildman–Crippen MR) is 73.0 cm³/mol. The van der Waals surface area contributed by atoms with Gasteiger partial charge in [0.2, 0.25) is 5.91 Å². The van der Waals surface area contributed by atoms with E-state index in [2.05, 4.69) is 20.8 Å². The summed E-state index contributed by atoms with van der Waals surface area (Å²) >= 11 is 3.17. The van der Waals surface area contributed by atoms with Crippen LogP contribution in [0.5, 0.6) is 0 Å². The zero-order chi connectivity index (χ0) is 13.8. The second-order valence-electron chi connectivity index (χ2n) is 4.56. The summed E-state index contributed by atoms with van der Waals surface area (Å²) in [7, 11) is 0. The smallest absolute Gasteiger partial charge is 0.248 e. The molecule has 1 amide bonds. The van der Waals surface area contributed by atoms with Gasteiger partial charge in [0, 0.05) is 32.7 Å². The molecule has 4 nitrogen and oxygen atoms in total. The molecule has 0 aliphatic carbocycles. The Kier molecular flexibility index (Phi) is 4.90. The minimum absolute atomic E-state index is 0.218. The number of nitrogens with zero attached hydrogens (tertiary/aromatic N) is 2. The molecule has 1 aromatic rings. The van der Waals surface area contributed by atoms with Gasteiger partial charge in [0.15, 0.2) is 0 Å². The van der Waals surface area contributed by atoms with E-state index in [1.165, 1.54) is 6.07 Å². The fourth-order valence-corrected chi connectivity index (χ4v) is 2.58. The van der Waals surface area contributed by atoms with Crippen molar-refractivity contribution < 1.29 is 14.3 Å². The molecule has 104 valence electrons. The molecule has 0 radical (unpaired) electrons. The van der Waals surface area contributed by atoms with Crippen molar-refractivity contribution in [1.82, 2.24) is 9.80 Å². The quantitative estimate of drug-likeness (QED) is 0.906. The molecule has 2 rings (SSSR count). The van der Waals surface area contributed by atoms with Crippen LogP contribution in [0, 0.1) is 5.82 Å². The molecule has 0 bridgehead atoms. The lowest BCUT2D eigenvalue weighted by Gasteiger charge is -2.34. The molecule has 1 aliphatic heterocycles. The Morgan fingerprint density at radius 2 is 2.00 bits per heavy atom. The largest absolute Gasteiger partial charge is 0.387 e. The number of piperazine rings is 1. The van der Waals surface area contributed by atoms with Crippen LogP contribution in [0.2, 0.25) is 0 Å². The maximum atomic E-state index is 13.1. The average molecular weight is 331 g/mol. The highest BCUT2D eigenvalue weighted by Crippen LogP contribution is 2.18. The third-order valence-electron chi connectivity index (χ3n) is 3.25. The number of benzene rings is 1. The molecule has 0 spiro atoms. The zero-order valence-corrected chi connectivity index (χ0v) is 12.1. The molecule has 0 aromatic heterocycles. The summed E-state index contributed by atoms with van der Waals surface area (Å²) in [5.41, 5.74) is 1.04. The number of halogens is 2. The topological polar surface area (TPSA) is 43.8 Å². The van der Waals surface area contributed by atoms with E-state index in [1.54, 1.807) is 17.0 Å². The second kappa shape index (κ2) is 6.45. The second-order valence-corrected chi connectivity index (χ2v) is 5.42. The lowest BCUT2D eigenvalue weighted by atomic mass is 10.2. The summed E-state index contributed by atoms with van der Waals surface area (Å²) in [6.45, 7) is 3.09. The van der Waals surface area contributed by atoms with E-state index in [0.29, 0.717) is 17.6 Å². The molecular weight excluding hydrogens is 315 g/mol. The summed E-state index contributed by atoms with van der Waals surface area (Å²) in [5.74, 6) is -0.480. The number of rotatable bonds is 3. The van der Waals surface area contributed by atoms with Crippen molar-refractivity contribution in [3.05, 3.63) is 34.1 Å². The van der Waals surface area contributed by atoms with Crippen LogP contribution in [-0.2, 0) is 11.3 Å². The number of carbonyl (C=O) groups excluding carboxylic acids is 1. The first-order valence-corrected chi connectivity index (χ1v) is 6.94. The molecule has 6 heteroatoms. The number of carbonyl (C=O) groups is 1. The van der Waals surface area contributed by atoms with Gasteiger partial charge in [0.25, 0.3) is 0 Å². The summed E-state index contributed by atoms with van der Waals surface area (Å²) in [6, 6.07) is 5.00. The third-order valence-corrected chi connectivity index (χ3v) is 3.86. The van der Waals surface area contributed by atoms with E-state index in [4.69, 9.17) is 5.11 Å². The van der Waals surface area contributed by atoms with Gasteiger partial charge in [-0.15, -0.1) is 0 Å². The van der Waals surface area contributed by atoms with Crippen LogP contribution in [0.3, 0.4) is 0 Å². The highest BCUT2D eigenvalue weighted by atomic mass is 79.9. The maximum absolute atomic E-state index is 13.1. The Morgan fingerprint density at radius 3 is 2.58 bits per heavy atom. The zero-order valence-electron chi connectivity index (χ0n) is 10.5. The fourth-order valence-electron chi connectivity index (χ4n) is 2.15. The van der Waals surface area contributed by atoms with Gasteiger partial charge in [0.05, 0.1) is 4.47 Å². The van der Waals surface area contributed by atoms with Crippen LogP contribution in [0.4, 0.5) is 4.39 Å². The third kappa shape index (κ3) is 3.75.